The summed E-state index contributed by atoms with van der Waals surface area (Å²) in [5.41, 5.74) is 3.39. The van der Waals surface area contributed by atoms with Gasteiger partial charge in [-0.25, -0.2) is 4.79 Å². The molecule has 1 aromatic carbocycles. The van der Waals surface area contributed by atoms with Gasteiger partial charge in [0.1, 0.15) is 6.61 Å². The lowest BCUT2D eigenvalue weighted by molar-refractivity contribution is 0.0535. The number of carbonyl (C=O) groups excluding carboxylic acids is 1. The number of aliphatic hydroxyl groups is 1. The van der Waals surface area contributed by atoms with Crippen LogP contribution < -0.4 is 0 Å². The van der Waals surface area contributed by atoms with Gasteiger partial charge in [0.2, 0.25) is 0 Å². The molecular weight excluding hydrogens is 304 g/mol. The first-order valence-electron chi connectivity index (χ1n) is 7.61. The lowest BCUT2D eigenvalue weighted by Crippen LogP contribution is -2.30. The van der Waals surface area contributed by atoms with Gasteiger partial charge in [0.15, 0.2) is 0 Å². The summed E-state index contributed by atoms with van der Waals surface area (Å²) >= 11 is 5.55. The summed E-state index contributed by atoms with van der Waals surface area (Å²) in [6.45, 7) is 4.77. The Morgan fingerprint density at radius 3 is 2.86 bits per heavy atom. The average molecular weight is 322 g/mol. The van der Waals surface area contributed by atoms with E-state index in [1.165, 1.54) is 0 Å². The highest BCUT2D eigenvalue weighted by Gasteiger charge is 2.49. The molecule has 3 aliphatic rings. The van der Waals surface area contributed by atoms with E-state index >= 15 is 0 Å². The van der Waals surface area contributed by atoms with Crippen LogP contribution in [-0.2, 0) is 11.3 Å². The topological polar surface area (TPSA) is 63.9 Å². The minimum atomic E-state index is -0.551. The lowest BCUT2D eigenvalue weighted by atomic mass is 9.95. The van der Waals surface area contributed by atoms with Crippen molar-refractivity contribution >= 4 is 17.7 Å². The fourth-order valence-corrected chi connectivity index (χ4v) is 4.24. The quantitative estimate of drug-likeness (QED) is 0.863. The van der Waals surface area contributed by atoms with Crippen LogP contribution in [0.1, 0.15) is 33.2 Å². The summed E-state index contributed by atoms with van der Waals surface area (Å²) in [4.78, 5) is 17.7. The van der Waals surface area contributed by atoms with Gasteiger partial charge in [0, 0.05) is 25.2 Å². The molecule has 1 aromatic rings. The normalized spacial score (nSPS) is 30.9. The van der Waals surface area contributed by atoms with Gasteiger partial charge in [-0.3, -0.25) is 16.7 Å². The molecule has 4 rings (SSSR count). The monoisotopic (exact) mass is 321 g/mol. The van der Waals surface area contributed by atoms with E-state index in [2.05, 4.69) is 9.74 Å². The maximum Gasteiger partial charge on any atom is 0.338 e. The van der Waals surface area contributed by atoms with Gasteiger partial charge in [-0.05, 0) is 36.0 Å². The molecule has 118 valence electrons. The molecule has 5 nitrogen and oxygen atoms in total. The molecule has 2 heterocycles. The number of carbonyl (C=O) groups is 1. The van der Waals surface area contributed by atoms with Gasteiger partial charge in [0.05, 0.1) is 11.7 Å². The summed E-state index contributed by atoms with van der Waals surface area (Å²) in [6, 6.07) is 3.93. The van der Waals surface area contributed by atoms with E-state index in [4.69, 9.17) is 16.5 Å². The number of hydrogen-bond donors (Lipinski definition) is 1. The van der Waals surface area contributed by atoms with E-state index in [0.29, 0.717) is 36.6 Å². The minimum Gasteiger partial charge on any atom is -0.572 e. The van der Waals surface area contributed by atoms with E-state index in [1.807, 2.05) is 13.0 Å². The largest absolute Gasteiger partial charge is 0.572 e. The number of nitrogens with zero attached hydrogens (tertiary/aromatic N) is 2. The van der Waals surface area contributed by atoms with Crippen molar-refractivity contribution in [3.8, 4) is 0 Å². The number of hydrogen-bond acceptors (Lipinski definition) is 4. The van der Waals surface area contributed by atoms with E-state index in [9.17, 15) is 9.90 Å². The smallest absolute Gasteiger partial charge is 0.338 e. The molecular formula is C16H18ClN2O3-. The SMILES string of the molecule is Cc1c([C@@H](O)CN2CC3C(C2)C3[N-]Cl)ccc2c1COC2=O. The molecule has 0 bridgehead atoms. The Kier molecular flexibility index (Phi) is 3.42. The van der Waals surface area contributed by atoms with Crippen LogP contribution in [0.4, 0.5) is 0 Å². The van der Waals surface area contributed by atoms with Crippen LogP contribution in [0, 0.1) is 18.8 Å². The molecule has 1 N–H and O–H groups in total. The van der Waals surface area contributed by atoms with Gasteiger partial charge in [-0.15, -0.1) is 6.04 Å². The van der Waals surface area contributed by atoms with Crippen LogP contribution in [-0.4, -0.2) is 41.7 Å². The second-order valence-corrected chi connectivity index (χ2v) is 6.73. The van der Waals surface area contributed by atoms with Crippen molar-refractivity contribution in [2.24, 2.45) is 11.8 Å². The summed E-state index contributed by atoms with van der Waals surface area (Å²) in [5, 5.41) is 10.6. The Labute approximate surface area is 134 Å². The Bertz CT molecular complexity index is 624. The summed E-state index contributed by atoms with van der Waals surface area (Å²) in [6.07, 6.45) is -0.551. The highest BCUT2D eigenvalue weighted by atomic mass is 35.5. The third-order valence-corrected chi connectivity index (χ3v) is 5.56. The van der Waals surface area contributed by atoms with Gasteiger partial charge in [-0.1, -0.05) is 6.07 Å². The molecule has 1 aliphatic carbocycles. The molecule has 6 heteroatoms. The second-order valence-electron chi connectivity index (χ2n) is 6.53. The average Bonchev–Trinajstić information content (AvgIpc) is 2.83. The summed E-state index contributed by atoms with van der Waals surface area (Å²) < 4.78 is 5.06. The minimum absolute atomic E-state index is 0.269. The van der Waals surface area contributed by atoms with Crippen LogP contribution in [0.3, 0.4) is 0 Å². The maximum atomic E-state index is 11.6. The first-order valence-corrected chi connectivity index (χ1v) is 7.95. The molecule has 2 fully saturated rings. The van der Waals surface area contributed by atoms with E-state index < -0.39 is 6.10 Å². The zero-order chi connectivity index (χ0) is 15.4. The van der Waals surface area contributed by atoms with Crippen LogP contribution in [0.15, 0.2) is 12.1 Å². The van der Waals surface area contributed by atoms with Gasteiger partial charge < -0.3 is 14.7 Å². The Hall–Kier alpha value is -1.14. The third-order valence-electron chi connectivity index (χ3n) is 5.34. The maximum absolute atomic E-state index is 11.6. The Morgan fingerprint density at radius 2 is 2.18 bits per heavy atom. The molecule has 0 amide bonds. The number of fused-ring (bicyclic) bond motifs is 2. The fourth-order valence-electron chi connectivity index (χ4n) is 3.95. The van der Waals surface area contributed by atoms with Crippen molar-refractivity contribution < 1.29 is 14.6 Å². The van der Waals surface area contributed by atoms with Crippen molar-refractivity contribution in [3.63, 3.8) is 0 Å². The van der Waals surface area contributed by atoms with E-state index in [-0.39, 0.29) is 5.97 Å². The number of likely N-dealkylation sites (tertiary alicyclic amines) is 1. The van der Waals surface area contributed by atoms with Crippen molar-refractivity contribution in [1.82, 2.24) is 4.90 Å². The van der Waals surface area contributed by atoms with Crippen LogP contribution in [0.2, 0.25) is 0 Å². The highest BCUT2D eigenvalue weighted by Crippen LogP contribution is 2.50. The van der Waals surface area contributed by atoms with Crippen molar-refractivity contribution in [2.75, 3.05) is 19.6 Å². The third kappa shape index (κ3) is 2.15. The fraction of sp³-hybridized carbons (Fsp3) is 0.562. The second kappa shape index (κ2) is 5.20. The zero-order valence-electron chi connectivity index (χ0n) is 12.3. The van der Waals surface area contributed by atoms with E-state index in [1.54, 1.807) is 6.07 Å². The lowest BCUT2D eigenvalue weighted by Gasteiger charge is -2.26. The van der Waals surface area contributed by atoms with Crippen molar-refractivity contribution in [1.29, 1.82) is 0 Å². The number of cyclic esters (lactones) is 1. The van der Waals surface area contributed by atoms with Crippen molar-refractivity contribution in [2.45, 2.75) is 25.7 Å². The highest BCUT2D eigenvalue weighted by molar-refractivity contribution is 6.25. The molecule has 2 aliphatic heterocycles. The number of piperidine rings is 1. The molecule has 3 atom stereocenters. The summed E-state index contributed by atoms with van der Waals surface area (Å²) in [7, 11) is 0. The number of ether oxygens (including phenoxy) is 1. The number of halogens is 1. The number of benzene rings is 1. The molecule has 1 saturated carbocycles. The molecule has 2 unspecified atom stereocenters. The van der Waals surface area contributed by atoms with Crippen LogP contribution >= 0.6 is 11.8 Å². The zero-order valence-corrected chi connectivity index (χ0v) is 13.1. The molecule has 22 heavy (non-hydrogen) atoms. The summed E-state index contributed by atoms with van der Waals surface area (Å²) in [5.74, 6) is 0.864. The van der Waals surface area contributed by atoms with Crippen LogP contribution in [0.25, 0.3) is 4.84 Å². The van der Waals surface area contributed by atoms with Gasteiger partial charge >= 0.3 is 5.97 Å². The van der Waals surface area contributed by atoms with E-state index in [0.717, 1.165) is 29.8 Å². The Morgan fingerprint density at radius 1 is 1.45 bits per heavy atom. The van der Waals surface area contributed by atoms with Gasteiger partial charge in [-0.2, -0.15) is 0 Å². The number of aliphatic hydroxyl groups excluding tert-OH is 1. The molecule has 0 spiro atoms. The predicted octanol–water partition coefficient (Wildman–Crippen LogP) is 2.16. The number of esters is 1. The van der Waals surface area contributed by atoms with Crippen LogP contribution in [0.5, 0.6) is 0 Å². The molecule has 1 saturated heterocycles. The first kappa shape index (κ1) is 14.5. The first-order chi connectivity index (χ1) is 10.6. The Balaban J connectivity index is 1.46. The van der Waals surface area contributed by atoms with Crippen molar-refractivity contribution in [3.05, 3.63) is 39.2 Å². The molecule has 0 aromatic heterocycles. The standard InChI is InChI=1S/C16H18ClN2O3/c1-8-9(2-3-10-13(8)7-22-16(10)21)14(20)6-19-4-11-12(5-19)15(11)18-17/h2-3,11-12,14-15,20H,4-7H2,1H3/q-1/t11?,12?,14-,15?/m0/s1. The predicted molar refractivity (Wildman–Crippen MR) is 81.7 cm³/mol. The van der Waals surface area contributed by atoms with Gasteiger partial charge in [0.25, 0.3) is 0 Å². The number of rotatable bonds is 4. The number of β-amino-alcohol motifs (C(OH)–C–C–N with tert-alkyl or cyclic N) is 1. The molecule has 0 radical (unpaired) electrons.